The second-order valence-corrected chi connectivity index (χ2v) is 8.43. The van der Waals surface area contributed by atoms with Gasteiger partial charge in [-0.25, -0.2) is 0 Å². The molecule has 0 aromatic heterocycles. The van der Waals surface area contributed by atoms with Crippen LogP contribution in [-0.2, 0) is 0 Å². The summed E-state index contributed by atoms with van der Waals surface area (Å²) in [6, 6.07) is 0. The molecular weight excluding hydrogens is 468 g/mol. The maximum atomic E-state index is 12.5. The fraction of sp³-hybridized carbons (Fsp3) is 0.947. The van der Waals surface area contributed by atoms with Gasteiger partial charge in [0.15, 0.2) is 5.96 Å². The summed E-state index contributed by atoms with van der Waals surface area (Å²) in [5.41, 5.74) is 0.477. The summed E-state index contributed by atoms with van der Waals surface area (Å²) in [5, 5.41) is 3.40. The van der Waals surface area contributed by atoms with Crippen LogP contribution in [0.4, 0.5) is 13.2 Å². The van der Waals surface area contributed by atoms with E-state index in [0.29, 0.717) is 25.0 Å². The number of halogens is 4. The molecule has 1 N–H and O–H groups in total. The predicted octanol–water partition coefficient (Wildman–Crippen LogP) is 4.11. The third-order valence-corrected chi connectivity index (χ3v) is 6.26. The third kappa shape index (κ3) is 6.65. The molecule has 158 valence electrons. The second-order valence-electron chi connectivity index (χ2n) is 8.43. The Labute approximate surface area is 178 Å². The van der Waals surface area contributed by atoms with Gasteiger partial charge >= 0.3 is 6.18 Å². The second kappa shape index (κ2) is 9.98. The number of nitrogens with one attached hydrogen (secondary N) is 1. The first-order valence-electron chi connectivity index (χ1n) is 10.2. The summed E-state index contributed by atoms with van der Waals surface area (Å²) < 4.78 is 37.6. The first kappa shape index (κ1) is 23.0. The first-order chi connectivity index (χ1) is 12.4. The van der Waals surface area contributed by atoms with E-state index in [-0.39, 0.29) is 29.9 Å². The van der Waals surface area contributed by atoms with Gasteiger partial charge in [0, 0.05) is 32.7 Å². The molecule has 0 radical (unpaired) electrons. The van der Waals surface area contributed by atoms with Crippen molar-refractivity contribution in [3.63, 3.8) is 0 Å². The molecule has 0 aromatic carbocycles. The molecule has 2 saturated heterocycles. The normalized spacial score (nSPS) is 26.4. The Balaban J connectivity index is 0.00000261. The molecule has 0 bridgehead atoms. The quantitative estimate of drug-likeness (QED) is 0.357. The number of rotatable bonds is 4. The van der Waals surface area contributed by atoms with Crippen LogP contribution in [0, 0.1) is 11.3 Å². The van der Waals surface area contributed by atoms with E-state index < -0.39 is 12.7 Å². The van der Waals surface area contributed by atoms with Gasteiger partial charge in [-0.15, -0.1) is 24.0 Å². The SMILES string of the molecule is CCNC(=NCC1CCN(CC(F)(F)F)C1)N1CCC2(CCCCC2)C1.I. The molecule has 0 amide bonds. The lowest BCUT2D eigenvalue weighted by Crippen LogP contribution is -2.42. The van der Waals surface area contributed by atoms with Gasteiger partial charge in [-0.2, -0.15) is 13.2 Å². The third-order valence-electron chi connectivity index (χ3n) is 6.26. The summed E-state index contributed by atoms with van der Waals surface area (Å²) in [6.07, 6.45) is 4.68. The van der Waals surface area contributed by atoms with Crippen molar-refractivity contribution in [3.8, 4) is 0 Å². The first-order valence-corrected chi connectivity index (χ1v) is 10.2. The fourth-order valence-corrected chi connectivity index (χ4v) is 4.93. The van der Waals surface area contributed by atoms with Crippen molar-refractivity contribution in [3.05, 3.63) is 0 Å². The van der Waals surface area contributed by atoms with E-state index in [2.05, 4.69) is 17.1 Å². The minimum Gasteiger partial charge on any atom is -0.357 e. The molecule has 3 fully saturated rings. The minimum atomic E-state index is -4.10. The Kier molecular flexibility index (Phi) is 8.52. The largest absolute Gasteiger partial charge is 0.401 e. The highest BCUT2D eigenvalue weighted by Crippen LogP contribution is 2.43. The predicted molar refractivity (Wildman–Crippen MR) is 114 cm³/mol. The summed E-state index contributed by atoms with van der Waals surface area (Å²) >= 11 is 0. The van der Waals surface area contributed by atoms with Crippen LogP contribution in [-0.4, -0.2) is 67.7 Å². The standard InChI is InChI=1S/C19H33F3N4.HI/c1-2-23-17(26-11-9-18(14-26)7-4-3-5-8-18)24-12-16-6-10-25(13-16)15-19(20,21)22;/h16H,2-15H2,1H3,(H,23,24);1H. The summed E-state index contributed by atoms with van der Waals surface area (Å²) in [7, 11) is 0. The Morgan fingerprint density at radius 3 is 2.56 bits per heavy atom. The molecule has 2 heterocycles. The Morgan fingerprint density at radius 1 is 1.15 bits per heavy atom. The van der Waals surface area contributed by atoms with Gasteiger partial charge in [-0.3, -0.25) is 9.89 Å². The molecule has 3 aliphatic rings. The maximum absolute atomic E-state index is 12.5. The van der Waals surface area contributed by atoms with E-state index in [1.165, 1.54) is 43.4 Å². The average molecular weight is 502 g/mol. The molecule has 4 nitrogen and oxygen atoms in total. The average Bonchev–Trinajstić information content (AvgIpc) is 3.18. The minimum absolute atomic E-state index is 0. The van der Waals surface area contributed by atoms with Crippen molar-refractivity contribution >= 4 is 29.9 Å². The number of aliphatic imine (C=N–C) groups is 1. The van der Waals surface area contributed by atoms with Gasteiger partial charge in [0.05, 0.1) is 6.54 Å². The van der Waals surface area contributed by atoms with Crippen LogP contribution in [0.3, 0.4) is 0 Å². The number of likely N-dealkylation sites (tertiary alicyclic amines) is 2. The molecule has 2 aliphatic heterocycles. The molecule has 8 heteroatoms. The van der Waals surface area contributed by atoms with Gasteiger partial charge in [0.2, 0.25) is 0 Å². The van der Waals surface area contributed by atoms with E-state index in [1.807, 2.05) is 0 Å². The van der Waals surface area contributed by atoms with Crippen LogP contribution in [0.5, 0.6) is 0 Å². The number of alkyl halides is 3. The highest BCUT2D eigenvalue weighted by atomic mass is 127. The van der Waals surface area contributed by atoms with Crippen LogP contribution in [0.1, 0.15) is 51.9 Å². The Bertz CT molecular complexity index is 492. The maximum Gasteiger partial charge on any atom is 0.401 e. The highest BCUT2D eigenvalue weighted by molar-refractivity contribution is 14.0. The molecule has 0 aromatic rings. The van der Waals surface area contributed by atoms with Crippen molar-refractivity contribution in [2.75, 3.05) is 45.8 Å². The van der Waals surface area contributed by atoms with Crippen molar-refractivity contribution in [2.45, 2.75) is 58.0 Å². The van der Waals surface area contributed by atoms with E-state index >= 15 is 0 Å². The van der Waals surface area contributed by atoms with Crippen molar-refractivity contribution in [1.82, 2.24) is 15.1 Å². The Morgan fingerprint density at radius 2 is 1.89 bits per heavy atom. The topological polar surface area (TPSA) is 30.9 Å². The number of guanidine groups is 1. The van der Waals surface area contributed by atoms with Gasteiger partial charge in [0.25, 0.3) is 0 Å². The number of hydrogen-bond acceptors (Lipinski definition) is 2. The van der Waals surface area contributed by atoms with Gasteiger partial charge in [0.1, 0.15) is 0 Å². The monoisotopic (exact) mass is 502 g/mol. The van der Waals surface area contributed by atoms with Gasteiger partial charge in [-0.1, -0.05) is 19.3 Å². The summed E-state index contributed by atoms with van der Waals surface area (Å²) in [6.45, 7) is 5.91. The van der Waals surface area contributed by atoms with Crippen LogP contribution in [0.25, 0.3) is 0 Å². The molecule has 27 heavy (non-hydrogen) atoms. The smallest absolute Gasteiger partial charge is 0.357 e. The van der Waals surface area contributed by atoms with Crippen molar-refractivity contribution < 1.29 is 13.2 Å². The van der Waals surface area contributed by atoms with Crippen LogP contribution >= 0.6 is 24.0 Å². The molecule has 1 spiro atoms. The molecule has 3 rings (SSSR count). The zero-order valence-electron chi connectivity index (χ0n) is 16.4. The van der Waals surface area contributed by atoms with Crippen LogP contribution in [0.15, 0.2) is 4.99 Å². The van der Waals surface area contributed by atoms with E-state index in [0.717, 1.165) is 32.0 Å². The van der Waals surface area contributed by atoms with Gasteiger partial charge < -0.3 is 10.2 Å². The number of hydrogen-bond donors (Lipinski definition) is 1. The van der Waals surface area contributed by atoms with Crippen molar-refractivity contribution in [2.24, 2.45) is 16.3 Å². The summed E-state index contributed by atoms with van der Waals surface area (Å²) in [5.74, 6) is 1.20. The lowest BCUT2D eigenvalue weighted by Gasteiger charge is -2.33. The van der Waals surface area contributed by atoms with E-state index in [4.69, 9.17) is 4.99 Å². The molecule has 1 unspecified atom stereocenters. The molecule has 1 aliphatic carbocycles. The molecule has 1 saturated carbocycles. The number of nitrogens with zero attached hydrogens (tertiary/aromatic N) is 3. The summed E-state index contributed by atoms with van der Waals surface area (Å²) in [4.78, 5) is 8.71. The zero-order chi connectivity index (χ0) is 18.6. The van der Waals surface area contributed by atoms with Crippen LogP contribution in [0.2, 0.25) is 0 Å². The Hall–Kier alpha value is -0.250. The van der Waals surface area contributed by atoms with Crippen molar-refractivity contribution in [1.29, 1.82) is 0 Å². The van der Waals surface area contributed by atoms with E-state index in [1.54, 1.807) is 0 Å². The fourth-order valence-electron chi connectivity index (χ4n) is 4.93. The van der Waals surface area contributed by atoms with Crippen LogP contribution < -0.4 is 5.32 Å². The van der Waals surface area contributed by atoms with Gasteiger partial charge in [-0.05, 0) is 50.5 Å². The van der Waals surface area contributed by atoms with E-state index in [9.17, 15) is 13.2 Å². The molecule has 1 atom stereocenters. The lowest BCUT2D eigenvalue weighted by molar-refractivity contribution is -0.143. The zero-order valence-corrected chi connectivity index (χ0v) is 18.7. The molecular formula is C19H34F3IN4. The lowest BCUT2D eigenvalue weighted by atomic mass is 9.73. The highest BCUT2D eigenvalue weighted by Gasteiger charge is 2.40.